The zero-order valence-corrected chi connectivity index (χ0v) is 11.2. The normalized spacial score (nSPS) is 43.2. The molecule has 4 fully saturated rings. The molecule has 3 heteroatoms. The molecule has 4 aliphatic rings. The molecule has 0 radical (unpaired) electrons. The van der Waals surface area contributed by atoms with Crippen LogP contribution in [-0.4, -0.2) is 9.97 Å². The van der Waals surface area contributed by atoms with E-state index in [0.29, 0.717) is 5.41 Å². The molecule has 2 nitrogen and oxygen atoms in total. The highest BCUT2D eigenvalue weighted by Gasteiger charge is 2.52. The minimum Gasteiger partial charge on any atom is -0.335 e. The van der Waals surface area contributed by atoms with Gasteiger partial charge in [0, 0.05) is 16.8 Å². The lowest BCUT2D eigenvalue weighted by Crippen LogP contribution is -2.49. The Hall–Kier alpha value is -0.570. The van der Waals surface area contributed by atoms with Crippen LogP contribution in [0, 0.1) is 29.4 Å². The van der Waals surface area contributed by atoms with Crippen molar-refractivity contribution in [2.75, 3.05) is 0 Å². The SMILES string of the molecule is Cc1[nH]c(=S)[nH]c1C12CC3CC(CC(C3)C1)C2. The summed E-state index contributed by atoms with van der Waals surface area (Å²) in [6, 6.07) is 0. The molecule has 0 aliphatic heterocycles. The second-order valence-electron chi connectivity index (χ2n) is 6.78. The van der Waals surface area contributed by atoms with Crippen molar-refractivity contribution in [2.24, 2.45) is 17.8 Å². The minimum absolute atomic E-state index is 0.451. The van der Waals surface area contributed by atoms with E-state index in [0.717, 1.165) is 22.5 Å². The molecule has 17 heavy (non-hydrogen) atoms. The van der Waals surface area contributed by atoms with Crippen LogP contribution >= 0.6 is 12.2 Å². The van der Waals surface area contributed by atoms with E-state index in [9.17, 15) is 0 Å². The zero-order chi connectivity index (χ0) is 11.6. The van der Waals surface area contributed by atoms with Crippen LogP contribution in [-0.2, 0) is 5.41 Å². The fourth-order valence-corrected chi connectivity index (χ4v) is 5.67. The smallest absolute Gasteiger partial charge is 0.174 e. The van der Waals surface area contributed by atoms with Crippen LogP contribution < -0.4 is 0 Å². The second kappa shape index (κ2) is 3.25. The van der Waals surface area contributed by atoms with Gasteiger partial charge in [-0.25, -0.2) is 0 Å². The maximum atomic E-state index is 5.26. The van der Waals surface area contributed by atoms with Crippen molar-refractivity contribution in [3.8, 4) is 0 Å². The van der Waals surface area contributed by atoms with E-state index in [1.807, 2.05) is 0 Å². The standard InChI is InChI=1S/C14H20N2S/c1-8-12(16-13(17)15-8)14-5-9-2-10(6-14)4-11(3-9)7-14/h9-11H,2-7H2,1H3,(H2,15,16,17). The molecule has 4 aliphatic carbocycles. The number of nitrogens with one attached hydrogen (secondary N) is 2. The highest BCUT2D eigenvalue weighted by Crippen LogP contribution is 2.60. The van der Waals surface area contributed by atoms with Gasteiger partial charge in [-0.1, -0.05) is 0 Å². The second-order valence-corrected chi connectivity index (χ2v) is 7.19. The van der Waals surface area contributed by atoms with Crippen molar-refractivity contribution < 1.29 is 0 Å². The molecule has 0 aromatic carbocycles. The lowest BCUT2D eigenvalue weighted by molar-refractivity contribution is -0.00733. The fourth-order valence-electron chi connectivity index (χ4n) is 5.42. The Labute approximate surface area is 107 Å². The van der Waals surface area contributed by atoms with Gasteiger partial charge in [0.2, 0.25) is 0 Å². The topological polar surface area (TPSA) is 31.6 Å². The van der Waals surface area contributed by atoms with E-state index in [-0.39, 0.29) is 0 Å². The number of H-pyrrole nitrogens is 2. The summed E-state index contributed by atoms with van der Waals surface area (Å²) in [5.41, 5.74) is 3.19. The Morgan fingerprint density at radius 3 is 1.94 bits per heavy atom. The van der Waals surface area contributed by atoms with Gasteiger partial charge in [0.25, 0.3) is 0 Å². The number of aryl methyl sites for hydroxylation is 1. The summed E-state index contributed by atoms with van der Waals surface area (Å²) in [6.07, 6.45) is 8.73. The fraction of sp³-hybridized carbons (Fsp3) is 0.786. The predicted octanol–water partition coefficient (Wildman–Crippen LogP) is 3.85. The summed E-state index contributed by atoms with van der Waals surface area (Å²) in [5, 5.41) is 0. The van der Waals surface area contributed by atoms with Crippen molar-refractivity contribution in [3.05, 3.63) is 16.2 Å². The van der Waals surface area contributed by atoms with Crippen LogP contribution in [0.2, 0.25) is 0 Å². The molecule has 0 amide bonds. The Kier molecular flexibility index (Phi) is 1.98. The number of rotatable bonds is 1. The number of hydrogen-bond donors (Lipinski definition) is 2. The maximum absolute atomic E-state index is 5.26. The molecular formula is C14H20N2S. The molecule has 92 valence electrons. The number of hydrogen-bond acceptors (Lipinski definition) is 1. The van der Waals surface area contributed by atoms with Crippen molar-refractivity contribution >= 4 is 12.2 Å². The Morgan fingerprint density at radius 2 is 1.53 bits per heavy atom. The van der Waals surface area contributed by atoms with Gasteiger partial charge < -0.3 is 9.97 Å². The van der Waals surface area contributed by atoms with E-state index in [2.05, 4.69) is 16.9 Å². The van der Waals surface area contributed by atoms with Gasteiger partial charge in [0.1, 0.15) is 0 Å². The summed E-state index contributed by atoms with van der Waals surface area (Å²) < 4.78 is 0.813. The molecule has 1 heterocycles. The molecule has 1 aromatic heterocycles. The van der Waals surface area contributed by atoms with E-state index in [4.69, 9.17) is 12.2 Å². The first-order valence-electron chi connectivity index (χ1n) is 6.94. The van der Waals surface area contributed by atoms with Gasteiger partial charge in [-0.2, -0.15) is 0 Å². The summed E-state index contributed by atoms with van der Waals surface area (Å²) in [6.45, 7) is 2.18. The van der Waals surface area contributed by atoms with E-state index in [1.54, 1.807) is 0 Å². The largest absolute Gasteiger partial charge is 0.335 e. The first-order valence-corrected chi connectivity index (χ1v) is 7.35. The lowest BCUT2D eigenvalue weighted by atomic mass is 9.48. The van der Waals surface area contributed by atoms with Crippen molar-refractivity contribution in [1.29, 1.82) is 0 Å². The summed E-state index contributed by atoms with van der Waals surface area (Å²) in [5.74, 6) is 2.99. The van der Waals surface area contributed by atoms with Crippen LogP contribution in [0.1, 0.15) is 49.9 Å². The zero-order valence-electron chi connectivity index (χ0n) is 10.4. The molecular weight excluding hydrogens is 228 g/mol. The first kappa shape index (κ1) is 10.4. The number of aromatic amines is 2. The molecule has 0 spiro atoms. The van der Waals surface area contributed by atoms with E-state index >= 15 is 0 Å². The van der Waals surface area contributed by atoms with Crippen LogP contribution in [0.4, 0.5) is 0 Å². The van der Waals surface area contributed by atoms with Crippen LogP contribution in [0.5, 0.6) is 0 Å². The maximum Gasteiger partial charge on any atom is 0.174 e. The highest BCUT2D eigenvalue weighted by atomic mass is 32.1. The molecule has 4 saturated carbocycles. The summed E-state index contributed by atoms with van der Waals surface area (Å²) in [4.78, 5) is 6.75. The van der Waals surface area contributed by atoms with Gasteiger partial charge in [-0.3, -0.25) is 0 Å². The average molecular weight is 248 g/mol. The van der Waals surface area contributed by atoms with Crippen LogP contribution in [0.15, 0.2) is 0 Å². The van der Waals surface area contributed by atoms with Gasteiger partial charge in [-0.15, -0.1) is 0 Å². The Morgan fingerprint density at radius 1 is 1.00 bits per heavy atom. The van der Waals surface area contributed by atoms with E-state index < -0.39 is 0 Å². The summed E-state index contributed by atoms with van der Waals surface area (Å²) >= 11 is 5.26. The van der Waals surface area contributed by atoms with Crippen LogP contribution in [0.25, 0.3) is 0 Å². The minimum atomic E-state index is 0.451. The average Bonchev–Trinajstić information content (AvgIpc) is 2.56. The molecule has 1 aromatic rings. The third-order valence-electron chi connectivity index (χ3n) is 5.48. The van der Waals surface area contributed by atoms with Gasteiger partial charge in [0.15, 0.2) is 4.77 Å². The Bertz CT molecular complexity index is 475. The molecule has 5 rings (SSSR count). The van der Waals surface area contributed by atoms with E-state index in [1.165, 1.54) is 49.9 Å². The Balaban J connectivity index is 1.82. The van der Waals surface area contributed by atoms with Gasteiger partial charge in [0.05, 0.1) is 0 Å². The van der Waals surface area contributed by atoms with Crippen LogP contribution in [0.3, 0.4) is 0 Å². The van der Waals surface area contributed by atoms with Crippen molar-refractivity contribution in [1.82, 2.24) is 9.97 Å². The molecule has 0 saturated heterocycles. The predicted molar refractivity (Wildman–Crippen MR) is 70.6 cm³/mol. The van der Waals surface area contributed by atoms with Gasteiger partial charge >= 0.3 is 0 Å². The van der Waals surface area contributed by atoms with Gasteiger partial charge in [-0.05, 0) is 75.4 Å². The molecule has 2 N–H and O–H groups in total. The monoisotopic (exact) mass is 248 g/mol. The lowest BCUT2D eigenvalue weighted by Gasteiger charge is -2.56. The molecule has 0 atom stereocenters. The summed E-state index contributed by atoms with van der Waals surface area (Å²) in [7, 11) is 0. The number of imidazole rings is 1. The van der Waals surface area contributed by atoms with Crippen molar-refractivity contribution in [2.45, 2.75) is 50.9 Å². The molecule has 0 unspecified atom stereocenters. The number of aromatic nitrogens is 2. The third kappa shape index (κ3) is 1.41. The first-order chi connectivity index (χ1) is 8.14. The molecule has 4 bridgehead atoms. The third-order valence-corrected chi connectivity index (χ3v) is 5.69. The van der Waals surface area contributed by atoms with Crippen molar-refractivity contribution in [3.63, 3.8) is 0 Å². The quantitative estimate of drug-likeness (QED) is 0.727. The highest BCUT2D eigenvalue weighted by molar-refractivity contribution is 7.71.